The minimum Gasteiger partial charge on any atom is -0.444 e. The largest absolute Gasteiger partial charge is 0.471 e. The Labute approximate surface area is 192 Å². The summed E-state index contributed by atoms with van der Waals surface area (Å²) in [6, 6.07) is 0. The van der Waals surface area contributed by atoms with Crippen LogP contribution in [-0.4, -0.2) is 124 Å². The van der Waals surface area contributed by atoms with E-state index < -0.39 is 37.7 Å². The third-order valence-electron chi connectivity index (χ3n) is 4.60. The van der Waals surface area contributed by atoms with Gasteiger partial charge >= 0.3 is 18.2 Å². The molecule has 0 aromatic heterocycles. The average Bonchev–Trinajstić information content (AvgIpc) is 2.65. The maximum atomic E-state index is 12.0. The molecule has 2 aliphatic heterocycles. The molecule has 0 bridgehead atoms. The van der Waals surface area contributed by atoms with Crippen LogP contribution in [0.4, 0.5) is 18.0 Å². The molecule has 0 aromatic carbocycles. The zero-order valence-electron chi connectivity index (χ0n) is 19.3. The molecule has 0 spiro atoms. The number of hydrogen-bond donors (Lipinski definition) is 0. The summed E-state index contributed by atoms with van der Waals surface area (Å²) in [6.07, 6.45) is -3.12. The van der Waals surface area contributed by atoms with Crippen molar-refractivity contribution in [3.05, 3.63) is 0 Å². The molecule has 2 saturated heterocycles. The highest BCUT2D eigenvalue weighted by atomic mass is 32.2. The minimum absolute atomic E-state index is 0.0966. The Morgan fingerprint density at radius 1 is 0.697 bits per heavy atom. The number of alkyl halides is 3. The second kappa shape index (κ2) is 10.7. The summed E-state index contributed by atoms with van der Waals surface area (Å²) in [7, 11) is -6.55. The summed E-state index contributed by atoms with van der Waals surface area (Å²) >= 11 is 0. The van der Waals surface area contributed by atoms with Gasteiger partial charge < -0.3 is 14.5 Å². The molecule has 2 rings (SSSR count). The normalized spacial score (nSPS) is 19.5. The molecule has 194 valence electrons. The Kier molecular flexibility index (Phi) is 9.56. The zero-order chi connectivity index (χ0) is 25.8. The molecule has 2 fully saturated rings. The number of ether oxygens (including phenoxy) is 1. The van der Waals surface area contributed by atoms with Gasteiger partial charge in [0.15, 0.2) is 0 Å². The number of carbonyl (C=O) groups excluding carboxylic acids is 2. The van der Waals surface area contributed by atoms with E-state index in [1.165, 1.54) is 15.5 Å². The van der Waals surface area contributed by atoms with Gasteiger partial charge in [-0.05, 0) is 20.8 Å². The van der Waals surface area contributed by atoms with E-state index in [2.05, 4.69) is 0 Å². The first-order valence-electron chi connectivity index (χ1n) is 9.96. The fraction of sp³-hybridized carbons (Fsp3) is 0.882. The lowest BCUT2D eigenvalue weighted by molar-refractivity contribution is -0.186. The smallest absolute Gasteiger partial charge is 0.444 e. The van der Waals surface area contributed by atoms with Crippen molar-refractivity contribution in [2.75, 3.05) is 64.9 Å². The molecule has 11 nitrogen and oxygen atoms in total. The first kappa shape index (κ1) is 29.4. The van der Waals surface area contributed by atoms with Crippen molar-refractivity contribution in [2.24, 2.45) is 0 Å². The Bertz CT molecular complexity index is 902. The van der Waals surface area contributed by atoms with Crippen molar-refractivity contribution in [3.8, 4) is 0 Å². The van der Waals surface area contributed by atoms with Gasteiger partial charge in [0.1, 0.15) is 5.60 Å². The Morgan fingerprint density at radius 3 is 1.30 bits per heavy atom. The van der Waals surface area contributed by atoms with Crippen molar-refractivity contribution in [1.29, 1.82) is 0 Å². The van der Waals surface area contributed by atoms with E-state index in [1.807, 2.05) is 0 Å². The van der Waals surface area contributed by atoms with Gasteiger partial charge in [0.05, 0.1) is 12.5 Å². The minimum atomic E-state index is -4.90. The highest BCUT2D eigenvalue weighted by molar-refractivity contribution is 7.88. The molecule has 0 aliphatic carbocycles. The van der Waals surface area contributed by atoms with Gasteiger partial charge in [-0.15, -0.1) is 0 Å². The number of sulfonamides is 2. The second-order valence-corrected chi connectivity index (χ2v) is 12.5. The van der Waals surface area contributed by atoms with Crippen LogP contribution < -0.4 is 0 Å². The number of carbonyl (C=O) groups is 2. The van der Waals surface area contributed by atoms with Crippen LogP contribution in [0.1, 0.15) is 20.8 Å². The van der Waals surface area contributed by atoms with Crippen molar-refractivity contribution in [2.45, 2.75) is 32.5 Å². The van der Waals surface area contributed by atoms with Gasteiger partial charge in [0, 0.05) is 52.4 Å². The number of piperazine rings is 2. The van der Waals surface area contributed by atoms with Crippen LogP contribution >= 0.6 is 0 Å². The number of rotatable bonds is 2. The van der Waals surface area contributed by atoms with Crippen LogP contribution in [0.25, 0.3) is 0 Å². The molecule has 33 heavy (non-hydrogen) atoms. The van der Waals surface area contributed by atoms with E-state index >= 15 is 0 Å². The molecule has 0 N–H and O–H groups in total. The first-order chi connectivity index (χ1) is 14.7. The molecule has 0 saturated carbocycles. The van der Waals surface area contributed by atoms with E-state index in [4.69, 9.17) is 4.74 Å². The molecule has 16 heteroatoms. The first-order valence-corrected chi connectivity index (χ1v) is 13.7. The van der Waals surface area contributed by atoms with Gasteiger partial charge in [-0.25, -0.2) is 21.6 Å². The molecule has 0 aromatic rings. The highest BCUT2D eigenvalue weighted by Gasteiger charge is 2.43. The summed E-state index contributed by atoms with van der Waals surface area (Å²) in [5, 5.41) is 0. The molecule has 2 aliphatic rings. The Balaban J connectivity index is 0.000000331. The summed E-state index contributed by atoms with van der Waals surface area (Å²) in [4.78, 5) is 24.7. The van der Waals surface area contributed by atoms with E-state index in [9.17, 15) is 39.6 Å². The summed E-state index contributed by atoms with van der Waals surface area (Å²) in [6.45, 7) is 6.17. The lowest BCUT2D eigenvalue weighted by Crippen LogP contribution is -2.53. The summed E-state index contributed by atoms with van der Waals surface area (Å²) in [5.41, 5.74) is -0.523. The van der Waals surface area contributed by atoms with Crippen molar-refractivity contribution >= 4 is 32.0 Å². The van der Waals surface area contributed by atoms with Crippen LogP contribution in [0.3, 0.4) is 0 Å². The summed E-state index contributed by atoms with van der Waals surface area (Å²) < 4.78 is 88.4. The monoisotopic (exact) mass is 524 g/mol. The van der Waals surface area contributed by atoms with Crippen LogP contribution in [0, 0.1) is 0 Å². The Hall–Kier alpha value is -1.65. The van der Waals surface area contributed by atoms with Gasteiger partial charge in [0.25, 0.3) is 0 Å². The fourth-order valence-corrected chi connectivity index (χ4v) is 4.58. The molecule has 0 atom stereocenters. The number of hydrogen-bond acceptors (Lipinski definition) is 7. The maximum Gasteiger partial charge on any atom is 0.471 e. The average molecular weight is 525 g/mol. The predicted molar refractivity (Wildman–Crippen MR) is 113 cm³/mol. The van der Waals surface area contributed by atoms with Gasteiger partial charge in [-0.3, -0.25) is 4.79 Å². The summed E-state index contributed by atoms with van der Waals surface area (Å²) in [5.74, 6) is -1.92. The third-order valence-corrected chi connectivity index (χ3v) is 7.20. The molecule has 2 heterocycles. The van der Waals surface area contributed by atoms with Gasteiger partial charge in [0.2, 0.25) is 20.0 Å². The Morgan fingerprint density at radius 2 is 1.03 bits per heavy atom. The molecule has 0 unspecified atom stereocenters. The van der Waals surface area contributed by atoms with Gasteiger partial charge in [-0.2, -0.15) is 21.8 Å². The van der Waals surface area contributed by atoms with Gasteiger partial charge in [-0.1, -0.05) is 0 Å². The van der Waals surface area contributed by atoms with Crippen LogP contribution in [0.2, 0.25) is 0 Å². The van der Waals surface area contributed by atoms with E-state index in [0.717, 1.165) is 10.6 Å². The fourth-order valence-electron chi connectivity index (χ4n) is 2.93. The van der Waals surface area contributed by atoms with E-state index in [-0.39, 0.29) is 32.3 Å². The van der Waals surface area contributed by atoms with E-state index in [0.29, 0.717) is 31.1 Å². The number of halogens is 3. The molecule has 2 amide bonds. The topological polar surface area (TPSA) is 125 Å². The molecular weight excluding hydrogens is 493 g/mol. The van der Waals surface area contributed by atoms with Crippen molar-refractivity contribution in [3.63, 3.8) is 0 Å². The lowest BCUT2D eigenvalue weighted by atomic mass is 10.2. The molecular formula is C17H31F3N4O7S2. The molecule has 0 radical (unpaired) electrons. The van der Waals surface area contributed by atoms with E-state index in [1.54, 1.807) is 20.8 Å². The third kappa shape index (κ3) is 10.0. The van der Waals surface area contributed by atoms with Crippen molar-refractivity contribution in [1.82, 2.24) is 18.4 Å². The zero-order valence-corrected chi connectivity index (χ0v) is 20.9. The lowest BCUT2D eigenvalue weighted by Gasteiger charge is -2.34. The highest BCUT2D eigenvalue weighted by Crippen LogP contribution is 2.20. The predicted octanol–water partition coefficient (Wildman–Crippen LogP) is 0.151. The van der Waals surface area contributed by atoms with Crippen LogP contribution in [0.5, 0.6) is 0 Å². The standard InChI is InChI=1S/C10H20N2O4S.C7H11F3N2O3S/c1-10(2,3)16-9(13)11-5-7-12(8-6-11)17(4,14)15;1-16(14,15)12-4-2-11(3-5-12)6(13)7(8,9)10/h5-8H2,1-4H3;2-5H2,1H3. The maximum absolute atomic E-state index is 12.0. The number of amides is 2. The second-order valence-electron chi connectivity index (χ2n) is 8.58. The quantitative estimate of drug-likeness (QED) is 0.504. The SMILES string of the molecule is CC(C)(C)OC(=O)N1CCN(S(C)(=O)=O)CC1.CS(=O)(=O)N1CCN(C(=O)C(F)(F)F)CC1. The van der Waals surface area contributed by atoms with Crippen LogP contribution in [0.15, 0.2) is 0 Å². The van der Waals surface area contributed by atoms with Crippen molar-refractivity contribution < 1.29 is 44.3 Å². The number of nitrogens with zero attached hydrogens (tertiary/aromatic N) is 4. The van der Waals surface area contributed by atoms with Crippen LogP contribution in [-0.2, 0) is 29.6 Å².